The average Bonchev–Trinajstić information content (AvgIpc) is 3.08. The van der Waals surface area contributed by atoms with Crippen molar-refractivity contribution in [2.24, 2.45) is 0 Å². The molecule has 3 rings (SSSR count). The number of para-hydroxylation sites is 1. The quantitative estimate of drug-likeness (QED) is 0.633. The average molecular weight is 368 g/mol. The Morgan fingerprint density at radius 1 is 1.22 bits per heavy atom. The van der Waals surface area contributed by atoms with Crippen LogP contribution in [0.3, 0.4) is 0 Å². The van der Waals surface area contributed by atoms with E-state index in [1.807, 2.05) is 30.3 Å². The molecule has 0 saturated heterocycles. The number of carbonyl (C=O) groups is 1. The Bertz CT molecular complexity index is 965. The summed E-state index contributed by atoms with van der Waals surface area (Å²) in [6.07, 6.45) is 0. The SMILES string of the molecule is Cc1cc(CN(C)C(=O)c2ccc(=O)n(CCOc3ccccc3)n2)no1. The highest BCUT2D eigenvalue weighted by molar-refractivity contribution is 5.91. The molecule has 140 valence electrons. The molecule has 0 fully saturated rings. The summed E-state index contributed by atoms with van der Waals surface area (Å²) in [7, 11) is 1.64. The first kappa shape index (κ1) is 18.4. The zero-order valence-corrected chi connectivity index (χ0v) is 15.2. The topological polar surface area (TPSA) is 90.5 Å². The van der Waals surface area contributed by atoms with Crippen LogP contribution >= 0.6 is 0 Å². The molecule has 1 amide bonds. The zero-order chi connectivity index (χ0) is 19.2. The Labute approximate surface area is 156 Å². The Hall–Kier alpha value is -3.42. The third-order valence-corrected chi connectivity index (χ3v) is 3.82. The van der Waals surface area contributed by atoms with Crippen LogP contribution in [-0.4, -0.2) is 39.4 Å². The molecule has 0 radical (unpaired) electrons. The summed E-state index contributed by atoms with van der Waals surface area (Å²) in [6.45, 7) is 2.57. The highest BCUT2D eigenvalue weighted by atomic mass is 16.5. The largest absolute Gasteiger partial charge is 0.492 e. The number of nitrogens with zero attached hydrogens (tertiary/aromatic N) is 4. The van der Waals surface area contributed by atoms with E-state index in [1.165, 1.54) is 21.7 Å². The molecule has 0 aliphatic rings. The fourth-order valence-corrected chi connectivity index (χ4v) is 2.49. The molecule has 2 heterocycles. The number of amides is 1. The number of benzene rings is 1. The molecule has 0 spiro atoms. The van der Waals surface area contributed by atoms with Gasteiger partial charge in [-0.3, -0.25) is 9.59 Å². The van der Waals surface area contributed by atoms with Crippen LogP contribution in [0, 0.1) is 6.92 Å². The van der Waals surface area contributed by atoms with Gasteiger partial charge in [0.1, 0.15) is 29.5 Å². The van der Waals surface area contributed by atoms with Crippen LogP contribution in [0.15, 0.2) is 57.8 Å². The van der Waals surface area contributed by atoms with Crippen molar-refractivity contribution in [2.75, 3.05) is 13.7 Å². The van der Waals surface area contributed by atoms with Crippen molar-refractivity contribution in [1.82, 2.24) is 19.8 Å². The molecule has 0 saturated carbocycles. The summed E-state index contributed by atoms with van der Waals surface area (Å²) in [5.41, 5.74) is 0.531. The van der Waals surface area contributed by atoms with Gasteiger partial charge in [-0.2, -0.15) is 5.10 Å². The fraction of sp³-hybridized carbons (Fsp3) is 0.263. The normalized spacial score (nSPS) is 10.6. The van der Waals surface area contributed by atoms with Crippen LogP contribution in [0.4, 0.5) is 0 Å². The number of aryl methyl sites for hydroxylation is 1. The van der Waals surface area contributed by atoms with Crippen molar-refractivity contribution in [2.45, 2.75) is 20.0 Å². The maximum atomic E-state index is 12.6. The Balaban J connectivity index is 1.64. The maximum Gasteiger partial charge on any atom is 0.274 e. The number of rotatable bonds is 7. The van der Waals surface area contributed by atoms with Crippen molar-refractivity contribution < 1.29 is 14.1 Å². The molecule has 0 atom stereocenters. The Morgan fingerprint density at radius 2 is 2.00 bits per heavy atom. The van der Waals surface area contributed by atoms with Gasteiger partial charge in [0.15, 0.2) is 0 Å². The summed E-state index contributed by atoms with van der Waals surface area (Å²) in [5, 5.41) is 8.03. The minimum absolute atomic E-state index is 0.178. The van der Waals surface area contributed by atoms with Gasteiger partial charge in [-0.15, -0.1) is 0 Å². The molecule has 0 bridgehead atoms. The highest BCUT2D eigenvalue weighted by Crippen LogP contribution is 2.09. The first-order valence-electron chi connectivity index (χ1n) is 8.46. The molecule has 27 heavy (non-hydrogen) atoms. The summed E-state index contributed by atoms with van der Waals surface area (Å²) in [4.78, 5) is 26.0. The zero-order valence-electron chi connectivity index (χ0n) is 15.2. The third kappa shape index (κ3) is 4.81. The van der Waals surface area contributed by atoms with Gasteiger partial charge in [0, 0.05) is 19.2 Å². The summed E-state index contributed by atoms with van der Waals surface area (Å²) in [6, 6.07) is 13.8. The lowest BCUT2D eigenvalue weighted by atomic mass is 10.3. The molecule has 0 aliphatic heterocycles. The van der Waals surface area contributed by atoms with Gasteiger partial charge in [0.2, 0.25) is 0 Å². The van der Waals surface area contributed by atoms with Gasteiger partial charge < -0.3 is 14.2 Å². The Kier molecular flexibility index (Phi) is 5.65. The van der Waals surface area contributed by atoms with Crippen LogP contribution in [0.2, 0.25) is 0 Å². The van der Waals surface area contributed by atoms with Gasteiger partial charge >= 0.3 is 0 Å². The van der Waals surface area contributed by atoms with E-state index < -0.39 is 0 Å². The monoisotopic (exact) mass is 368 g/mol. The predicted molar refractivity (Wildman–Crippen MR) is 97.5 cm³/mol. The number of carbonyl (C=O) groups excluding carboxylic acids is 1. The second-order valence-corrected chi connectivity index (χ2v) is 6.03. The lowest BCUT2D eigenvalue weighted by Crippen LogP contribution is -2.32. The van der Waals surface area contributed by atoms with Crippen molar-refractivity contribution in [1.29, 1.82) is 0 Å². The minimum Gasteiger partial charge on any atom is -0.492 e. The van der Waals surface area contributed by atoms with E-state index in [2.05, 4.69) is 10.3 Å². The third-order valence-electron chi connectivity index (χ3n) is 3.82. The number of hydrogen-bond acceptors (Lipinski definition) is 6. The van der Waals surface area contributed by atoms with E-state index in [0.29, 0.717) is 17.2 Å². The van der Waals surface area contributed by atoms with Gasteiger partial charge in [-0.1, -0.05) is 23.4 Å². The molecule has 0 aliphatic carbocycles. The predicted octanol–water partition coefficient (Wildman–Crippen LogP) is 1.89. The van der Waals surface area contributed by atoms with E-state index in [4.69, 9.17) is 9.26 Å². The molecule has 0 N–H and O–H groups in total. The molecule has 1 aromatic carbocycles. The molecule has 0 unspecified atom stereocenters. The first-order valence-corrected chi connectivity index (χ1v) is 8.46. The first-order chi connectivity index (χ1) is 13.0. The standard InChI is InChI=1S/C19H20N4O4/c1-14-12-15(21-27-14)13-22(2)19(25)17-8-9-18(24)23(20-17)10-11-26-16-6-4-3-5-7-16/h3-9,12H,10-11,13H2,1-2H3. The van der Waals surface area contributed by atoms with Crippen molar-refractivity contribution >= 4 is 5.91 Å². The van der Waals surface area contributed by atoms with E-state index in [1.54, 1.807) is 20.0 Å². The molecule has 3 aromatic rings. The second kappa shape index (κ2) is 8.31. The smallest absolute Gasteiger partial charge is 0.274 e. The summed E-state index contributed by atoms with van der Waals surface area (Å²) < 4.78 is 11.8. The van der Waals surface area contributed by atoms with Crippen LogP contribution in [0.25, 0.3) is 0 Å². The van der Waals surface area contributed by atoms with E-state index in [0.717, 1.165) is 0 Å². The lowest BCUT2D eigenvalue weighted by molar-refractivity contribution is 0.0773. The molecular weight excluding hydrogens is 348 g/mol. The van der Waals surface area contributed by atoms with Crippen LogP contribution in [-0.2, 0) is 13.1 Å². The fourth-order valence-electron chi connectivity index (χ4n) is 2.49. The van der Waals surface area contributed by atoms with Crippen molar-refractivity contribution in [3.05, 3.63) is 76.0 Å². The summed E-state index contributed by atoms with van der Waals surface area (Å²) >= 11 is 0. The van der Waals surface area contributed by atoms with E-state index in [9.17, 15) is 9.59 Å². The van der Waals surface area contributed by atoms with E-state index >= 15 is 0 Å². The Morgan fingerprint density at radius 3 is 2.70 bits per heavy atom. The van der Waals surface area contributed by atoms with Crippen molar-refractivity contribution in [3.8, 4) is 5.75 Å². The van der Waals surface area contributed by atoms with Crippen LogP contribution < -0.4 is 10.3 Å². The number of aromatic nitrogens is 3. The minimum atomic E-state index is -0.312. The van der Waals surface area contributed by atoms with Gasteiger partial charge in [-0.25, -0.2) is 4.68 Å². The summed E-state index contributed by atoms with van der Waals surface area (Å²) in [5.74, 6) is 1.07. The lowest BCUT2D eigenvalue weighted by Gasteiger charge is -2.15. The maximum absolute atomic E-state index is 12.6. The van der Waals surface area contributed by atoms with Gasteiger partial charge in [-0.05, 0) is 25.1 Å². The highest BCUT2D eigenvalue weighted by Gasteiger charge is 2.16. The number of hydrogen-bond donors (Lipinski definition) is 0. The second-order valence-electron chi connectivity index (χ2n) is 6.03. The molecule has 8 nitrogen and oxygen atoms in total. The van der Waals surface area contributed by atoms with Crippen molar-refractivity contribution in [3.63, 3.8) is 0 Å². The molecular formula is C19H20N4O4. The van der Waals surface area contributed by atoms with E-state index in [-0.39, 0.29) is 36.9 Å². The molecule has 2 aromatic heterocycles. The van der Waals surface area contributed by atoms with Gasteiger partial charge in [0.25, 0.3) is 11.5 Å². The molecule has 8 heteroatoms. The van der Waals surface area contributed by atoms with Gasteiger partial charge in [0.05, 0.1) is 13.1 Å². The van der Waals surface area contributed by atoms with Crippen LogP contribution in [0.5, 0.6) is 5.75 Å². The number of ether oxygens (including phenoxy) is 1. The van der Waals surface area contributed by atoms with Crippen LogP contribution in [0.1, 0.15) is 21.9 Å².